The minimum Gasteiger partial charge on any atom is -0.441 e. The summed E-state index contributed by atoms with van der Waals surface area (Å²) in [6.45, 7) is 6.60. The Balaban J connectivity index is 1.72. The molecule has 6 heteroatoms. The van der Waals surface area contributed by atoms with Crippen LogP contribution < -0.4 is 0 Å². The number of rotatable bonds is 3. The molecule has 1 fully saturated rings. The second-order valence-corrected chi connectivity index (χ2v) is 6.69. The molecule has 2 aromatic rings. The van der Waals surface area contributed by atoms with Crippen LogP contribution in [0.2, 0.25) is 0 Å². The van der Waals surface area contributed by atoms with Crippen LogP contribution in [0.4, 0.5) is 0 Å². The Bertz CT molecular complexity index is 650. The molecule has 1 amide bonds. The molecular weight excluding hydrogens is 298 g/mol. The van der Waals surface area contributed by atoms with Gasteiger partial charge in [-0.3, -0.25) is 4.79 Å². The van der Waals surface area contributed by atoms with Crippen LogP contribution in [0.1, 0.15) is 18.4 Å². The van der Waals surface area contributed by atoms with E-state index in [4.69, 9.17) is 4.42 Å². The largest absolute Gasteiger partial charge is 0.441 e. The third-order valence-electron chi connectivity index (χ3n) is 4.13. The van der Waals surface area contributed by atoms with Crippen LogP contribution in [0.3, 0.4) is 0 Å². The van der Waals surface area contributed by atoms with Crippen LogP contribution >= 0.6 is 11.3 Å². The van der Waals surface area contributed by atoms with Gasteiger partial charge in [-0.1, -0.05) is 0 Å². The van der Waals surface area contributed by atoms with Crippen LogP contribution in [-0.2, 0) is 11.2 Å². The van der Waals surface area contributed by atoms with Crippen LogP contribution in [0.5, 0.6) is 0 Å². The molecule has 1 aliphatic heterocycles. The number of likely N-dealkylation sites (N-methyl/N-ethyl adjacent to an activating group) is 1. The number of thiophene rings is 1. The second kappa shape index (κ2) is 6.22. The summed E-state index contributed by atoms with van der Waals surface area (Å²) in [4.78, 5) is 21.3. The van der Waals surface area contributed by atoms with Crippen molar-refractivity contribution < 1.29 is 9.21 Å². The molecule has 0 unspecified atom stereocenters. The predicted octanol–water partition coefficient (Wildman–Crippen LogP) is 2.42. The lowest BCUT2D eigenvalue weighted by atomic mass is 10.1. The van der Waals surface area contributed by atoms with E-state index in [1.165, 1.54) is 0 Å². The molecular formula is C16H21N3O2S. The summed E-state index contributed by atoms with van der Waals surface area (Å²) in [7, 11) is 2.09. The molecule has 5 nitrogen and oxygen atoms in total. The molecule has 0 radical (unpaired) electrons. The lowest BCUT2D eigenvalue weighted by Gasteiger charge is -2.38. The van der Waals surface area contributed by atoms with Crippen molar-refractivity contribution in [3.05, 3.63) is 28.3 Å². The van der Waals surface area contributed by atoms with Gasteiger partial charge in [0.25, 0.3) is 0 Å². The highest BCUT2D eigenvalue weighted by atomic mass is 32.1. The van der Waals surface area contributed by atoms with Gasteiger partial charge in [-0.2, -0.15) is 11.3 Å². The number of aryl methyl sites for hydroxylation is 1. The fraction of sp³-hybridized carbons (Fsp3) is 0.500. The summed E-state index contributed by atoms with van der Waals surface area (Å²) in [5.74, 6) is 1.47. The second-order valence-electron chi connectivity index (χ2n) is 5.91. The van der Waals surface area contributed by atoms with E-state index in [-0.39, 0.29) is 11.9 Å². The molecule has 0 aliphatic carbocycles. The zero-order valence-electron chi connectivity index (χ0n) is 13.2. The smallest absolute Gasteiger partial charge is 0.229 e. The summed E-state index contributed by atoms with van der Waals surface area (Å²) in [6, 6.07) is 2.22. The van der Waals surface area contributed by atoms with Gasteiger partial charge in [-0.25, -0.2) is 4.98 Å². The van der Waals surface area contributed by atoms with Gasteiger partial charge in [-0.15, -0.1) is 0 Å². The molecule has 3 heterocycles. The topological polar surface area (TPSA) is 49.6 Å². The molecule has 0 spiro atoms. The third kappa shape index (κ3) is 3.08. The van der Waals surface area contributed by atoms with Crippen molar-refractivity contribution in [2.75, 3.05) is 26.7 Å². The molecule has 2 aromatic heterocycles. The number of hydrogen-bond acceptors (Lipinski definition) is 5. The van der Waals surface area contributed by atoms with Crippen molar-refractivity contribution in [2.24, 2.45) is 0 Å². The highest BCUT2D eigenvalue weighted by Crippen LogP contribution is 2.24. The summed E-state index contributed by atoms with van der Waals surface area (Å²) in [5, 5.41) is 3.99. The summed E-state index contributed by atoms with van der Waals surface area (Å²) >= 11 is 1.61. The van der Waals surface area contributed by atoms with Gasteiger partial charge in [-0.05, 0) is 32.3 Å². The fourth-order valence-electron chi connectivity index (χ4n) is 2.86. The summed E-state index contributed by atoms with van der Waals surface area (Å²) in [5.41, 5.74) is 1.72. The molecule has 118 valence electrons. The van der Waals surface area contributed by atoms with Crippen molar-refractivity contribution in [1.82, 2.24) is 14.8 Å². The Morgan fingerprint density at radius 2 is 2.32 bits per heavy atom. The van der Waals surface area contributed by atoms with Crippen LogP contribution in [-0.4, -0.2) is 53.4 Å². The monoisotopic (exact) mass is 319 g/mol. The first-order chi connectivity index (χ1) is 10.5. The molecule has 1 saturated heterocycles. The van der Waals surface area contributed by atoms with E-state index in [9.17, 15) is 4.79 Å². The number of piperazine rings is 1. The number of carbonyl (C=O) groups excluding carboxylic acids is 1. The Morgan fingerprint density at radius 1 is 1.50 bits per heavy atom. The fourth-order valence-corrected chi connectivity index (χ4v) is 3.49. The summed E-state index contributed by atoms with van der Waals surface area (Å²) < 4.78 is 5.71. The van der Waals surface area contributed by atoms with Gasteiger partial charge in [0.15, 0.2) is 0 Å². The maximum Gasteiger partial charge on any atom is 0.229 e. The first-order valence-electron chi connectivity index (χ1n) is 7.51. The van der Waals surface area contributed by atoms with Gasteiger partial charge in [0.1, 0.15) is 5.76 Å². The molecule has 0 N–H and O–H groups in total. The zero-order valence-corrected chi connectivity index (χ0v) is 14.0. The van der Waals surface area contributed by atoms with Gasteiger partial charge in [0.2, 0.25) is 11.8 Å². The minimum absolute atomic E-state index is 0.133. The van der Waals surface area contributed by atoms with Crippen LogP contribution in [0.15, 0.2) is 21.2 Å². The first kappa shape index (κ1) is 15.2. The molecule has 1 atom stereocenters. The Kier molecular flexibility index (Phi) is 4.31. The normalized spacial score (nSPS) is 19.6. The van der Waals surface area contributed by atoms with E-state index in [1.807, 2.05) is 28.7 Å². The first-order valence-corrected chi connectivity index (χ1v) is 8.45. The van der Waals surface area contributed by atoms with Crippen molar-refractivity contribution >= 4 is 17.2 Å². The number of nitrogens with zero attached hydrogens (tertiary/aromatic N) is 3. The maximum absolute atomic E-state index is 12.6. The van der Waals surface area contributed by atoms with Crippen LogP contribution in [0.25, 0.3) is 11.5 Å². The number of hydrogen-bond donors (Lipinski definition) is 0. The van der Waals surface area contributed by atoms with Crippen molar-refractivity contribution in [3.8, 4) is 11.5 Å². The lowest BCUT2D eigenvalue weighted by molar-refractivity contribution is -0.134. The maximum atomic E-state index is 12.6. The number of aromatic nitrogens is 1. The van der Waals surface area contributed by atoms with E-state index in [0.29, 0.717) is 12.3 Å². The number of oxazole rings is 1. The lowest BCUT2D eigenvalue weighted by Crippen LogP contribution is -2.53. The van der Waals surface area contributed by atoms with E-state index >= 15 is 0 Å². The van der Waals surface area contributed by atoms with Gasteiger partial charge < -0.3 is 14.2 Å². The highest BCUT2D eigenvalue weighted by Gasteiger charge is 2.27. The van der Waals surface area contributed by atoms with Crippen molar-refractivity contribution in [2.45, 2.75) is 26.3 Å². The molecule has 0 aromatic carbocycles. The van der Waals surface area contributed by atoms with E-state index in [1.54, 1.807) is 11.3 Å². The van der Waals surface area contributed by atoms with Gasteiger partial charge in [0.05, 0.1) is 12.1 Å². The molecule has 22 heavy (non-hydrogen) atoms. The standard InChI is InChI=1S/C16H21N3O2S/c1-11-9-18(3)5-6-19(11)15(20)8-14-12(2)21-16(17-14)13-4-7-22-10-13/h4,7,10-11H,5-6,8-9H2,1-3H3/t11-/m0/s1. The number of carbonyl (C=O) groups is 1. The van der Waals surface area contributed by atoms with E-state index in [0.717, 1.165) is 36.7 Å². The molecule has 0 bridgehead atoms. The quantitative estimate of drug-likeness (QED) is 0.872. The van der Waals surface area contributed by atoms with E-state index in [2.05, 4.69) is 23.9 Å². The average Bonchev–Trinajstić information content (AvgIpc) is 3.09. The SMILES string of the molecule is Cc1oc(-c2ccsc2)nc1CC(=O)N1CCN(C)C[C@@H]1C. The summed E-state index contributed by atoms with van der Waals surface area (Å²) in [6.07, 6.45) is 0.313. The Hall–Kier alpha value is -1.66. The van der Waals surface area contributed by atoms with Crippen molar-refractivity contribution in [3.63, 3.8) is 0 Å². The third-order valence-corrected chi connectivity index (χ3v) is 4.81. The van der Waals surface area contributed by atoms with Crippen LogP contribution in [0, 0.1) is 6.92 Å². The van der Waals surface area contributed by atoms with Gasteiger partial charge in [0, 0.05) is 36.6 Å². The molecule has 1 aliphatic rings. The Labute approximate surface area is 134 Å². The zero-order chi connectivity index (χ0) is 15.7. The number of amides is 1. The molecule has 3 rings (SSSR count). The highest BCUT2D eigenvalue weighted by molar-refractivity contribution is 7.08. The van der Waals surface area contributed by atoms with Crippen molar-refractivity contribution in [1.29, 1.82) is 0 Å². The Morgan fingerprint density at radius 3 is 3.00 bits per heavy atom. The van der Waals surface area contributed by atoms with E-state index < -0.39 is 0 Å². The van der Waals surface area contributed by atoms with Gasteiger partial charge >= 0.3 is 0 Å². The molecule has 0 saturated carbocycles. The average molecular weight is 319 g/mol. The predicted molar refractivity (Wildman–Crippen MR) is 86.9 cm³/mol. The minimum atomic E-state index is 0.133.